The van der Waals surface area contributed by atoms with Gasteiger partial charge in [0, 0.05) is 25.4 Å². The number of aryl methyl sites for hydroxylation is 2. The number of rotatable bonds is 10. The molecule has 0 spiro atoms. The number of piperidine rings is 1. The van der Waals surface area contributed by atoms with Crippen LogP contribution in [0.25, 0.3) is 11.1 Å². The molecule has 10 heteroatoms. The largest absolute Gasteiger partial charge is 0.506 e. The molecule has 1 fully saturated rings. The lowest BCUT2D eigenvalue weighted by molar-refractivity contribution is 0.0697. The van der Waals surface area contributed by atoms with Gasteiger partial charge < -0.3 is 29.1 Å². The van der Waals surface area contributed by atoms with E-state index in [0.717, 1.165) is 25.7 Å². The molecule has 3 aromatic rings. The minimum atomic E-state index is -0.487. The van der Waals surface area contributed by atoms with E-state index < -0.39 is 11.8 Å². The van der Waals surface area contributed by atoms with E-state index in [1.165, 1.54) is 14.2 Å². The number of carbonyl (C=O) groups is 1. The molecule has 204 valence electrons. The third-order valence-electron chi connectivity index (χ3n) is 6.97. The molecule has 2 N–H and O–H groups in total. The number of aromatic nitrogens is 3. The van der Waals surface area contributed by atoms with Crippen LogP contribution in [0, 0.1) is 0 Å². The van der Waals surface area contributed by atoms with Crippen LogP contribution < -0.4 is 9.47 Å². The Balaban J connectivity index is 1.67. The number of hydrogen-bond acceptors (Lipinski definition) is 9. The zero-order chi connectivity index (χ0) is 27.2. The number of ether oxygens (including phenoxy) is 2. The van der Waals surface area contributed by atoms with Gasteiger partial charge in [-0.25, -0.2) is 4.98 Å². The molecule has 1 aliphatic rings. The molecular formula is C28H36N4O6. The van der Waals surface area contributed by atoms with E-state index in [1.807, 2.05) is 6.92 Å². The number of benzene rings is 1. The first-order chi connectivity index (χ1) is 18.4. The van der Waals surface area contributed by atoms with Crippen LogP contribution in [-0.4, -0.2) is 63.5 Å². The van der Waals surface area contributed by atoms with Crippen molar-refractivity contribution in [3.05, 3.63) is 41.2 Å². The Bertz CT molecular complexity index is 1240. The predicted molar refractivity (Wildman–Crippen MR) is 141 cm³/mol. The summed E-state index contributed by atoms with van der Waals surface area (Å²) >= 11 is 0. The van der Waals surface area contributed by atoms with Crippen molar-refractivity contribution in [1.82, 2.24) is 20.0 Å². The summed E-state index contributed by atoms with van der Waals surface area (Å²) in [5.41, 5.74) is 1.06. The Morgan fingerprint density at radius 1 is 1.03 bits per heavy atom. The zero-order valence-corrected chi connectivity index (χ0v) is 22.5. The number of amides is 1. The van der Waals surface area contributed by atoms with Crippen molar-refractivity contribution in [2.45, 2.75) is 64.7 Å². The predicted octanol–water partition coefficient (Wildman–Crippen LogP) is 4.87. The molecule has 3 heterocycles. The van der Waals surface area contributed by atoms with Gasteiger partial charge in [0.25, 0.3) is 5.91 Å². The maximum atomic E-state index is 13.6. The zero-order valence-electron chi connectivity index (χ0n) is 22.5. The van der Waals surface area contributed by atoms with Crippen LogP contribution in [0.15, 0.2) is 22.7 Å². The highest BCUT2D eigenvalue weighted by Crippen LogP contribution is 2.47. The number of methoxy groups -OCH3 is 2. The molecule has 0 aliphatic carbocycles. The number of aromatic hydroxyl groups is 2. The second-order valence-electron chi connectivity index (χ2n) is 9.49. The highest BCUT2D eigenvalue weighted by Gasteiger charge is 2.33. The summed E-state index contributed by atoms with van der Waals surface area (Å²) in [6, 6.07) is 5.29. The number of pyridine rings is 1. The summed E-state index contributed by atoms with van der Waals surface area (Å²) < 4.78 is 16.6. The first-order valence-electron chi connectivity index (χ1n) is 13.2. The Labute approximate surface area is 222 Å². The lowest BCUT2D eigenvalue weighted by atomic mass is 9.94. The maximum Gasteiger partial charge on any atom is 0.263 e. The Morgan fingerprint density at radius 3 is 2.32 bits per heavy atom. The van der Waals surface area contributed by atoms with Crippen molar-refractivity contribution in [1.29, 1.82) is 0 Å². The van der Waals surface area contributed by atoms with Gasteiger partial charge >= 0.3 is 0 Å². The van der Waals surface area contributed by atoms with Crippen LogP contribution in [0.1, 0.15) is 79.6 Å². The molecule has 2 aromatic heterocycles. The molecular weight excluding hydrogens is 488 g/mol. The molecule has 0 bridgehead atoms. The van der Waals surface area contributed by atoms with Gasteiger partial charge in [0.05, 0.1) is 31.0 Å². The lowest BCUT2D eigenvalue weighted by Crippen LogP contribution is -2.38. The molecule has 10 nitrogen and oxygen atoms in total. The monoisotopic (exact) mass is 524 g/mol. The van der Waals surface area contributed by atoms with Gasteiger partial charge in [-0.15, -0.1) is 0 Å². The van der Waals surface area contributed by atoms with Crippen LogP contribution in [0.3, 0.4) is 0 Å². The van der Waals surface area contributed by atoms with Crippen molar-refractivity contribution in [3.8, 4) is 34.3 Å². The van der Waals surface area contributed by atoms with Crippen molar-refractivity contribution in [2.75, 3.05) is 27.3 Å². The summed E-state index contributed by atoms with van der Waals surface area (Å²) in [6.45, 7) is 4.94. The minimum Gasteiger partial charge on any atom is -0.506 e. The Hall–Kier alpha value is -3.82. The molecule has 1 amide bonds. The van der Waals surface area contributed by atoms with E-state index in [4.69, 9.17) is 14.0 Å². The molecule has 0 saturated carbocycles. The van der Waals surface area contributed by atoms with Crippen LogP contribution in [0.5, 0.6) is 23.1 Å². The lowest BCUT2D eigenvalue weighted by Gasteiger charge is -2.31. The number of unbranched alkanes of at least 4 members (excludes halogenated alkanes) is 1. The molecule has 1 aliphatic heterocycles. The normalized spacial score (nSPS) is 14.1. The van der Waals surface area contributed by atoms with Gasteiger partial charge in [0.15, 0.2) is 5.82 Å². The number of carbonyl (C=O) groups excluding carboxylic acids is 1. The van der Waals surface area contributed by atoms with Crippen LogP contribution >= 0.6 is 0 Å². The number of likely N-dealkylation sites (tertiary alicyclic amines) is 1. The summed E-state index contributed by atoms with van der Waals surface area (Å²) in [7, 11) is 3.05. The Morgan fingerprint density at radius 2 is 1.71 bits per heavy atom. The summed E-state index contributed by atoms with van der Waals surface area (Å²) in [5.74, 6) is 0.974. The number of nitrogens with zero attached hydrogens (tertiary/aromatic N) is 4. The smallest absolute Gasteiger partial charge is 0.263 e. The topological polar surface area (TPSA) is 131 Å². The van der Waals surface area contributed by atoms with Crippen molar-refractivity contribution in [3.63, 3.8) is 0 Å². The summed E-state index contributed by atoms with van der Waals surface area (Å²) in [5, 5.41) is 26.4. The third kappa shape index (κ3) is 5.39. The fourth-order valence-corrected chi connectivity index (χ4v) is 4.94. The quantitative estimate of drug-likeness (QED) is 0.381. The van der Waals surface area contributed by atoms with Gasteiger partial charge in [0.1, 0.15) is 22.8 Å². The molecule has 38 heavy (non-hydrogen) atoms. The molecule has 0 atom stereocenters. The van der Waals surface area contributed by atoms with Crippen molar-refractivity contribution < 1.29 is 29.0 Å². The van der Waals surface area contributed by atoms with E-state index in [0.29, 0.717) is 72.4 Å². The highest BCUT2D eigenvalue weighted by molar-refractivity contribution is 6.02. The first-order valence-corrected chi connectivity index (χ1v) is 13.2. The fraction of sp³-hybridized carbons (Fsp3) is 0.500. The van der Waals surface area contributed by atoms with E-state index >= 15 is 0 Å². The van der Waals surface area contributed by atoms with E-state index in [2.05, 4.69) is 22.0 Å². The summed E-state index contributed by atoms with van der Waals surface area (Å²) in [4.78, 5) is 24.2. The second-order valence-corrected chi connectivity index (χ2v) is 9.49. The highest BCUT2D eigenvalue weighted by atomic mass is 16.5. The van der Waals surface area contributed by atoms with Gasteiger partial charge in [-0.2, -0.15) is 4.98 Å². The minimum absolute atomic E-state index is 0.0577. The number of hydrogen-bond donors (Lipinski definition) is 2. The van der Waals surface area contributed by atoms with Gasteiger partial charge in [0.2, 0.25) is 11.8 Å². The van der Waals surface area contributed by atoms with E-state index in [9.17, 15) is 15.0 Å². The van der Waals surface area contributed by atoms with Crippen molar-refractivity contribution in [2.24, 2.45) is 0 Å². The standard InChI is InChI=1S/C28H36N4O6/c1-5-7-10-18-22(23-19(36-3)11-8-12-20(23)37-4)25(33)24(26(34)29-18)28(35)32-15-13-17(14-16-32)27-30-21(9-6-2)31-38-27/h8,11-12,17H,5-7,9-10,13-16H2,1-4H3,(H2,29,33,34). The maximum absolute atomic E-state index is 13.6. The van der Waals surface area contributed by atoms with Crippen LogP contribution in [0.4, 0.5) is 0 Å². The van der Waals surface area contributed by atoms with E-state index in [1.54, 1.807) is 23.1 Å². The second kappa shape index (κ2) is 12.1. The average Bonchev–Trinajstić information content (AvgIpc) is 3.40. The SMILES string of the molecule is CCCCc1nc(O)c(C(=O)N2CCC(c3nc(CCC)no3)CC2)c(O)c1-c1c(OC)cccc1OC. The van der Waals surface area contributed by atoms with Gasteiger partial charge in [-0.05, 0) is 44.2 Å². The molecule has 4 rings (SSSR count). The van der Waals surface area contributed by atoms with Crippen molar-refractivity contribution >= 4 is 5.91 Å². The fourth-order valence-electron chi connectivity index (χ4n) is 4.94. The molecule has 0 unspecified atom stereocenters. The molecule has 1 saturated heterocycles. The molecule has 1 aromatic carbocycles. The van der Waals surface area contributed by atoms with Gasteiger partial charge in [-0.1, -0.05) is 31.5 Å². The third-order valence-corrected chi connectivity index (χ3v) is 6.97. The Kier molecular flexibility index (Phi) is 8.70. The van der Waals surface area contributed by atoms with E-state index in [-0.39, 0.29) is 17.2 Å². The summed E-state index contributed by atoms with van der Waals surface area (Å²) in [6.07, 6.45) is 5.14. The molecule has 0 radical (unpaired) electrons. The van der Waals surface area contributed by atoms with Crippen LogP contribution in [0.2, 0.25) is 0 Å². The van der Waals surface area contributed by atoms with Gasteiger partial charge in [-0.3, -0.25) is 4.79 Å². The first kappa shape index (κ1) is 27.2. The van der Waals surface area contributed by atoms with Crippen LogP contribution in [-0.2, 0) is 12.8 Å². The average molecular weight is 525 g/mol.